The van der Waals surface area contributed by atoms with Gasteiger partial charge in [0.1, 0.15) is 0 Å². The standard InChI is InChI=1S/C14H22N4O2/c15-9-5-4-8-13(18-20)17-14(19)12(16)10-11-6-2-1-3-7-11/h1-3,6-7,12-13H,4-5,8-10,15-16H2,(H,17,19)/t12-,13+/m0/s1. The van der Waals surface area contributed by atoms with Gasteiger partial charge in [0, 0.05) is 0 Å². The molecule has 0 bridgehead atoms. The van der Waals surface area contributed by atoms with Crippen molar-refractivity contribution in [2.45, 2.75) is 37.9 Å². The Kier molecular flexibility index (Phi) is 7.46. The summed E-state index contributed by atoms with van der Waals surface area (Å²) in [5, 5.41) is 5.47. The molecule has 0 aromatic heterocycles. The van der Waals surface area contributed by atoms with Crippen molar-refractivity contribution in [2.75, 3.05) is 6.54 Å². The highest BCUT2D eigenvalue weighted by atomic mass is 16.3. The van der Waals surface area contributed by atoms with Gasteiger partial charge in [0.15, 0.2) is 6.17 Å². The van der Waals surface area contributed by atoms with E-state index in [9.17, 15) is 9.70 Å². The molecule has 0 radical (unpaired) electrons. The van der Waals surface area contributed by atoms with Crippen LogP contribution in [0.4, 0.5) is 0 Å². The maximum absolute atomic E-state index is 11.9. The normalized spacial score (nSPS) is 13.5. The number of nitrogens with zero attached hydrogens (tertiary/aromatic N) is 1. The van der Waals surface area contributed by atoms with Crippen LogP contribution in [0.5, 0.6) is 0 Å². The molecule has 0 spiro atoms. The topological polar surface area (TPSA) is 111 Å². The molecular formula is C14H22N4O2. The fourth-order valence-electron chi connectivity index (χ4n) is 1.87. The molecule has 110 valence electrons. The highest BCUT2D eigenvalue weighted by Gasteiger charge is 2.18. The van der Waals surface area contributed by atoms with Gasteiger partial charge in [-0.1, -0.05) is 30.3 Å². The van der Waals surface area contributed by atoms with Gasteiger partial charge >= 0.3 is 0 Å². The molecule has 0 aliphatic carbocycles. The van der Waals surface area contributed by atoms with Gasteiger partial charge < -0.3 is 16.8 Å². The number of nitroso groups, excluding NO2 is 1. The van der Waals surface area contributed by atoms with Gasteiger partial charge in [0.25, 0.3) is 0 Å². The third-order valence-corrected chi connectivity index (χ3v) is 3.00. The molecule has 0 heterocycles. The van der Waals surface area contributed by atoms with E-state index in [1.807, 2.05) is 30.3 Å². The lowest BCUT2D eigenvalue weighted by Gasteiger charge is -2.15. The van der Waals surface area contributed by atoms with E-state index in [1.165, 1.54) is 0 Å². The average Bonchev–Trinajstić information content (AvgIpc) is 2.47. The molecule has 1 amide bonds. The molecule has 0 saturated carbocycles. The fourth-order valence-corrected chi connectivity index (χ4v) is 1.87. The van der Waals surface area contributed by atoms with Crippen LogP contribution in [0.1, 0.15) is 24.8 Å². The lowest BCUT2D eigenvalue weighted by Crippen LogP contribution is -2.45. The molecule has 2 atom stereocenters. The molecule has 0 aliphatic rings. The smallest absolute Gasteiger partial charge is 0.238 e. The predicted molar refractivity (Wildman–Crippen MR) is 78.8 cm³/mol. The van der Waals surface area contributed by atoms with E-state index in [2.05, 4.69) is 10.5 Å². The second kappa shape index (κ2) is 9.17. The Morgan fingerprint density at radius 2 is 1.95 bits per heavy atom. The minimum Gasteiger partial charge on any atom is -0.330 e. The van der Waals surface area contributed by atoms with Crippen LogP contribution in [0.25, 0.3) is 0 Å². The Labute approximate surface area is 118 Å². The number of carbonyl (C=O) groups is 1. The molecule has 6 heteroatoms. The van der Waals surface area contributed by atoms with E-state index < -0.39 is 12.2 Å². The second-order valence-corrected chi connectivity index (χ2v) is 4.71. The number of nitrogens with one attached hydrogen (secondary N) is 1. The molecular weight excluding hydrogens is 256 g/mol. The Bertz CT molecular complexity index is 411. The van der Waals surface area contributed by atoms with Crippen molar-refractivity contribution < 1.29 is 4.79 Å². The van der Waals surface area contributed by atoms with E-state index in [0.29, 0.717) is 19.4 Å². The monoisotopic (exact) mass is 278 g/mol. The van der Waals surface area contributed by atoms with Crippen molar-refractivity contribution in [3.63, 3.8) is 0 Å². The zero-order chi connectivity index (χ0) is 14.8. The van der Waals surface area contributed by atoms with Crippen molar-refractivity contribution in [3.8, 4) is 0 Å². The summed E-state index contributed by atoms with van der Waals surface area (Å²) in [6.07, 6.45) is 1.75. The van der Waals surface area contributed by atoms with Gasteiger partial charge in [-0.2, -0.15) is 0 Å². The van der Waals surface area contributed by atoms with Gasteiger partial charge in [-0.15, -0.1) is 4.91 Å². The minimum atomic E-state index is -0.726. The average molecular weight is 278 g/mol. The van der Waals surface area contributed by atoms with Crippen LogP contribution in [-0.4, -0.2) is 24.7 Å². The number of unbranched alkanes of at least 4 members (excludes halogenated alkanes) is 1. The molecule has 6 nitrogen and oxygen atoms in total. The van der Waals surface area contributed by atoms with Crippen LogP contribution in [0, 0.1) is 4.91 Å². The van der Waals surface area contributed by atoms with Crippen molar-refractivity contribution in [2.24, 2.45) is 16.6 Å². The number of rotatable bonds is 9. The Hall–Kier alpha value is -1.79. The van der Waals surface area contributed by atoms with Crippen LogP contribution < -0.4 is 16.8 Å². The number of nitrogens with two attached hydrogens (primary N) is 2. The number of benzene rings is 1. The van der Waals surface area contributed by atoms with Crippen molar-refractivity contribution >= 4 is 5.91 Å². The molecule has 0 aliphatic heterocycles. The van der Waals surface area contributed by atoms with Crippen LogP contribution in [-0.2, 0) is 11.2 Å². The number of hydrogen-bond donors (Lipinski definition) is 3. The zero-order valence-electron chi connectivity index (χ0n) is 11.5. The summed E-state index contributed by atoms with van der Waals surface area (Å²) in [6.45, 7) is 0.563. The summed E-state index contributed by atoms with van der Waals surface area (Å²) in [5.74, 6) is -0.355. The third-order valence-electron chi connectivity index (χ3n) is 3.00. The molecule has 0 saturated heterocycles. The van der Waals surface area contributed by atoms with E-state index in [0.717, 1.165) is 18.4 Å². The number of amides is 1. The minimum absolute atomic E-state index is 0.355. The third kappa shape index (κ3) is 5.90. The summed E-state index contributed by atoms with van der Waals surface area (Å²) < 4.78 is 0. The van der Waals surface area contributed by atoms with Crippen LogP contribution in [0.2, 0.25) is 0 Å². The SMILES string of the molecule is NCCCC[C@@H](N=O)NC(=O)[C@@H](N)Cc1ccccc1. The molecule has 20 heavy (non-hydrogen) atoms. The summed E-state index contributed by atoms with van der Waals surface area (Å²) in [4.78, 5) is 22.6. The lowest BCUT2D eigenvalue weighted by molar-refractivity contribution is -0.123. The summed E-state index contributed by atoms with van der Waals surface area (Å²) >= 11 is 0. The summed E-state index contributed by atoms with van der Waals surface area (Å²) in [7, 11) is 0. The molecule has 5 N–H and O–H groups in total. The lowest BCUT2D eigenvalue weighted by atomic mass is 10.1. The highest BCUT2D eigenvalue weighted by molar-refractivity contribution is 5.82. The molecule has 0 fully saturated rings. The Balaban J connectivity index is 2.41. The van der Waals surface area contributed by atoms with Crippen molar-refractivity contribution in [3.05, 3.63) is 40.8 Å². The Morgan fingerprint density at radius 3 is 2.55 bits per heavy atom. The van der Waals surface area contributed by atoms with E-state index >= 15 is 0 Å². The maximum Gasteiger partial charge on any atom is 0.238 e. The van der Waals surface area contributed by atoms with Crippen LogP contribution in [0.3, 0.4) is 0 Å². The molecule has 1 aromatic rings. The first-order valence-electron chi connectivity index (χ1n) is 6.79. The van der Waals surface area contributed by atoms with E-state index in [1.54, 1.807) is 0 Å². The van der Waals surface area contributed by atoms with E-state index in [4.69, 9.17) is 11.5 Å². The molecule has 1 rings (SSSR count). The summed E-state index contributed by atoms with van der Waals surface area (Å²) in [6, 6.07) is 8.81. The maximum atomic E-state index is 11.9. The fraction of sp³-hybridized carbons (Fsp3) is 0.500. The quantitative estimate of drug-likeness (QED) is 0.460. The van der Waals surface area contributed by atoms with Crippen molar-refractivity contribution in [1.82, 2.24) is 5.32 Å². The van der Waals surface area contributed by atoms with Crippen LogP contribution in [0.15, 0.2) is 35.5 Å². The number of carbonyl (C=O) groups excluding carboxylic acids is 1. The van der Waals surface area contributed by atoms with Gasteiger partial charge in [-0.3, -0.25) is 4.79 Å². The van der Waals surface area contributed by atoms with Gasteiger partial charge in [-0.05, 0) is 43.0 Å². The van der Waals surface area contributed by atoms with Gasteiger partial charge in [0.05, 0.1) is 6.04 Å². The molecule has 0 unspecified atom stereocenters. The van der Waals surface area contributed by atoms with Gasteiger partial charge in [0.2, 0.25) is 5.91 Å². The highest BCUT2D eigenvalue weighted by Crippen LogP contribution is 2.04. The first-order valence-corrected chi connectivity index (χ1v) is 6.79. The number of hydrogen-bond acceptors (Lipinski definition) is 5. The Morgan fingerprint density at radius 1 is 1.25 bits per heavy atom. The van der Waals surface area contributed by atoms with Crippen molar-refractivity contribution in [1.29, 1.82) is 0 Å². The predicted octanol–water partition coefficient (Wildman–Crippen LogP) is 0.894. The van der Waals surface area contributed by atoms with E-state index in [-0.39, 0.29) is 5.91 Å². The zero-order valence-corrected chi connectivity index (χ0v) is 11.5. The van der Waals surface area contributed by atoms with Gasteiger partial charge in [-0.25, -0.2) is 0 Å². The van der Waals surface area contributed by atoms with Crippen LogP contribution >= 0.6 is 0 Å². The molecule has 1 aromatic carbocycles. The second-order valence-electron chi connectivity index (χ2n) is 4.71. The first kappa shape index (κ1) is 16.3. The summed E-state index contributed by atoms with van der Waals surface area (Å²) in [5.41, 5.74) is 12.2. The largest absolute Gasteiger partial charge is 0.330 e. The first-order chi connectivity index (χ1) is 9.67.